The molecule has 1 N–H and O–H groups in total. The van der Waals surface area contributed by atoms with Crippen LogP contribution in [0.1, 0.15) is 6.92 Å². The van der Waals surface area contributed by atoms with Gasteiger partial charge in [-0.1, -0.05) is 11.3 Å². The monoisotopic (exact) mass is 163 g/mol. The van der Waals surface area contributed by atoms with Crippen LogP contribution < -0.4 is 0 Å². The molecule has 4 nitrogen and oxygen atoms in total. The van der Waals surface area contributed by atoms with Crippen molar-refractivity contribution in [2.24, 2.45) is 0 Å². The lowest BCUT2D eigenvalue weighted by atomic mass is 10.3. The lowest BCUT2D eigenvalue weighted by molar-refractivity contribution is 0.480. The summed E-state index contributed by atoms with van der Waals surface area (Å²) in [6, 6.07) is 5.28. The number of hydrogen-bond donors (Lipinski definition) is 1. The summed E-state index contributed by atoms with van der Waals surface area (Å²) in [5, 5.41) is 17.1. The van der Waals surface area contributed by atoms with Crippen LogP contribution in [0.3, 0.4) is 0 Å². The van der Waals surface area contributed by atoms with E-state index < -0.39 is 0 Å². The predicted octanol–water partition coefficient (Wildman–Crippen LogP) is 1.16. The van der Waals surface area contributed by atoms with Gasteiger partial charge in [0.05, 0.1) is 5.52 Å². The van der Waals surface area contributed by atoms with Crippen LogP contribution >= 0.6 is 0 Å². The summed E-state index contributed by atoms with van der Waals surface area (Å²) < 4.78 is 1.75. The molecular weight excluding hydrogens is 154 g/mol. The topological polar surface area (TPSA) is 50.9 Å². The number of aryl methyl sites for hydroxylation is 1. The Morgan fingerprint density at radius 1 is 1.50 bits per heavy atom. The number of fused-ring (bicyclic) bond motifs is 1. The van der Waals surface area contributed by atoms with E-state index in [4.69, 9.17) is 0 Å². The average molecular weight is 163 g/mol. The van der Waals surface area contributed by atoms with Gasteiger partial charge in [0.25, 0.3) is 0 Å². The third kappa shape index (κ3) is 0.845. The average Bonchev–Trinajstić information content (AvgIpc) is 2.49. The van der Waals surface area contributed by atoms with E-state index in [2.05, 4.69) is 10.3 Å². The number of rotatable bonds is 1. The van der Waals surface area contributed by atoms with Gasteiger partial charge >= 0.3 is 0 Å². The highest BCUT2D eigenvalue weighted by Gasteiger charge is 2.05. The van der Waals surface area contributed by atoms with E-state index in [1.807, 2.05) is 13.0 Å². The standard InChI is InChI=1S/C8H9N3O/c1-2-11-6-4-3-5-7(12)8(6)9-10-11/h3-5,12H,2H2,1H3. The van der Waals surface area contributed by atoms with Crippen LogP contribution in [0.2, 0.25) is 0 Å². The third-order valence-corrected chi connectivity index (χ3v) is 1.82. The van der Waals surface area contributed by atoms with E-state index >= 15 is 0 Å². The molecule has 12 heavy (non-hydrogen) atoms. The van der Waals surface area contributed by atoms with Crippen LogP contribution in [0.25, 0.3) is 11.0 Å². The van der Waals surface area contributed by atoms with E-state index in [-0.39, 0.29) is 5.75 Å². The Balaban J connectivity index is 2.80. The second kappa shape index (κ2) is 2.48. The summed E-state index contributed by atoms with van der Waals surface area (Å²) in [5.41, 5.74) is 1.44. The molecule has 0 unspecified atom stereocenters. The number of phenolic OH excluding ortho intramolecular Hbond substituents is 1. The molecule has 2 rings (SSSR count). The largest absolute Gasteiger partial charge is 0.506 e. The van der Waals surface area contributed by atoms with E-state index in [1.165, 1.54) is 0 Å². The normalized spacial score (nSPS) is 10.8. The smallest absolute Gasteiger partial charge is 0.154 e. The Morgan fingerprint density at radius 3 is 3.08 bits per heavy atom. The maximum Gasteiger partial charge on any atom is 0.154 e. The minimum atomic E-state index is 0.187. The number of aromatic hydroxyl groups is 1. The maximum absolute atomic E-state index is 9.36. The molecule has 1 aromatic carbocycles. The quantitative estimate of drug-likeness (QED) is 0.686. The van der Waals surface area contributed by atoms with Gasteiger partial charge < -0.3 is 5.11 Å². The SMILES string of the molecule is CCn1nnc2c(O)cccc21. The number of aromatic nitrogens is 3. The summed E-state index contributed by atoms with van der Waals surface area (Å²) in [6.07, 6.45) is 0. The zero-order valence-corrected chi connectivity index (χ0v) is 6.73. The van der Waals surface area contributed by atoms with Gasteiger partial charge in [-0.25, -0.2) is 4.68 Å². The van der Waals surface area contributed by atoms with Gasteiger partial charge in [0.2, 0.25) is 0 Å². The molecule has 0 bridgehead atoms. The highest BCUT2D eigenvalue weighted by atomic mass is 16.3. The van der Waals surface area contributed by atoms with Crippen molar-refractivity contribution in [3.05, 3.63) is 18.2 Å². The van der Waals surface area contributed by atoms with Crippen molar-refractivity contribution in [3.8, 4) is 5.75 Å². The molecule has 0 amide bonds. The first-order chi connectivity index (χ1) is 5.83. The molecule has 0 atom stereocenters. The molecule has 2 aromatic rings. The Hall–Kier alpha value is -1.58. The Morgan fingerprint density at radius 2 is 2.33 bits per heavy atom. The van der Waals surface area contributed by atoms with Crippen LogP contribution in [0.15, 0.2) is 18.2 Å². The van der Waals surface area contributed by atoms with Crippen LogP contribution in [-0.2, 0) is 6.54 Å². The number of phenols is 1. The van der Waals surface area contributed by atoms with Crippen LogP contribution in [0.4, 0.5) is 0 Å². The molecule has 0 aliphatic rings. The number of hydrogen-bond acceptors (Lipinski definition) is 3. The summed E-state index contributed by atoms with van der Waals surface area (Å²) in [4.78, 5) is 0. The Labute approximate surface area is 69.4 Å². The van der Waals surface area contributed by atoms with Gasteiger partial charge in [-0.15, -0.1) is 5.10 Å². The lowest BCUT2D eigenvalue weighted by Crippen LogP contribution is -1.95. The predicted molar refractivity (Wildman–Crippen MR) is 44.9 cm³/mol. The molecule has 0 saturated heterocycles. The fourth-order valence-corrected chi connectivity index (χ4v) is 1.21. The minimum Gasteiger partial charge on any atom is -0.506 e. The molecule has 0 saturated carbocycles. The molecule has 0 fully saturated rings. The fraction of sp³-hybridized carbons (Fsp3) is 0.250. The van der Waals surface area contributed by atoms with Crippen molar-refractivity contribution >= 4 is 11.0 Å². The van der Waals surface area contributed by atoms with Crippen LogP contribution in [0.5, 0.6) is 5.75 Å². The third-order valence-electron chi connectivity index (χ3n) is 1.82. The van der Waals surface area contributed by atoms with E-state index in [9.17, 15) is 5.11 Å². The first-order valence-electron chi connectivity index (χ1n) is 3.84. The van der Waals surface area contributed by atoms with Crippen molar-refractivity contribution in [1.29, 1.82) is 0 Å². The molecule has 0 spiro atoms. The van der Waals surface area contributed by atoms with Gasteiger partial charge in [-0.2, -0.15) is 0 Å². The molecule has 1 heterocycles. The van der Waals surface area contributed by atoms with Crippen molar-refractivity contribution in [3.63, 3.8) is 0 Å². The van der Waals surface area contributed by atoms with Crippen molar-refractivity contribution in [1.82, 2.24) is 15.0 Å². The van der Waals surface area contributed by atoms with Gasteiger partial charge in [0, 0.05) is 6.54 Å². The second-order valence-corrected chi connectivity index (χ2v) is 2.55. The molecule has 62 valence electrons. The van der Waals surface area contributed by atoms with Gasteiger partial charge in [0.1, 0.15) is 5.75 Å². The van der Waals surface area contributed by atoms with Gasteiger partial charge in [-0.3, -0.25) is 0 Å². The molecule has 1 aromatic heterocycles. The molecular formula is C8H9N3O. The summed E-state index contributed by atoms with van der Waals surface area (Å²) in [5.74, 6) is 0.187. The zero-order chi connectivity index (χ0) is 8.55. The fourth-order valence-electron chi connectivity index (χ4n) is 1.21. The van der Waals surface area contributed by atoms with E-state index in [0.717, 1.165) is 12.1 Å². The molecule has 0 aliphatic carbocycles. The summed E-state index contributed by atoms with van der Waals surface area (Å²) in [6.45, 7) is 2.75. The molecule has 0 radical (unpaired) electrons. The van der Waals surface area contributed by atoms with Crippen LogP contribution in [-0.4, -0.2) is 20.1 Å². The second-order valence-electron chi connectivity index (χ2n) is 2.55. The molecule has 0 aliphatic heterocycles. The highest BCUT2D eigenvalue weighted by Crippen LogP contribution is 2.20. The Kier molecular flexibility index (Phi) is 1.46. The van der Waals surface area contributed by atoms with E-state index in [1.54, 1.807) is 16.8 Å². The minimum absolute atomic E-state index is 0.187. The van der Waals surface area contributed by atoms with E-state index in [0.29, 0.717) is 5.52 Å². The van der Waals surface area contributed by atoms with Crippen LogP contribution in [0, 0.1) is 0 Å². The first-order valence-corrected chi connectivity index (χ1v) is 3.84. The lowest BCUT2D eigenvalue weighted by Gasteiger charge is -1.95. The van der Waals surface area contributed by atoms with Crippen molar-refractivity contribution in [2.75, 3.05) is 0 Å². The number of nitrogens with zero attached hydrogens (tertiary/aromatic N) is 3. The van der Waals surface area contributed by atoms with Crippen molar-refractivity contribution in [2.45, 2.75) is 13.5 Å². The first kappa shape index (κ1) is 7.09. The van der Waals surface area contributed by atoms with Crippen molar-refractivity contribution < 1.29 is 5.11 Å². The number of benzene rings is 1. The Bertz CT molecular complexity index is 408. The summed E-state index contributed by atoms with van der Waals surface area (Å²) >= 11 is 0. The highest BCUT2D eigenvalue weighted by molar-refractivity contribution is 5.80. The molecule has 4 heteroatoms. The maximum atomic E-state index is 9.36. The zero-order valence-electron chi connectivity index (χ0n) is 6.73. The summed E-state index contributed by atoms with van der Waals surface area (Å²) in [7, 11) is 0. The van der Waals surface area contributed by atoms with Gasteiger partial charge in [0.15, 0.2) is 5.52 Å². The van der Waals surface area contributed by atoms with Gasteiger partial charge in [-0.05, 0) is 19.1 Å².